The Bertz CT molecular complexity index is 244. The summed E-state index contributed by atoms with van der Waals surface area (Å²) in [6.45, 7) is 5.71. The molecule has 0 aromatic rings. The Morgan fingerprint density at radius 3 is 1.45 bits per heavy atom. The van der Waals surface area contributed by atoms with E-state index < -0.39 is 0 Å². The van der Waals surface area contributed by atoms with Crippen LogP contribution in [0.3, 0.4) is 0 Å². The first-order chi connectivity index (χ1) is 10.8. The van der Waals surface area contributed by atoms with E-state index in [0.717, 1.165) is 44.7 Å². The number of aldehydes is 2. The Balaban J connectivity index is 0. The van der Waals surface area contributed by atoms with Gasteiger partial charge in [-0.15, -0.1) is 6.58 Å². The van der Waals surface area contributed by atoms with Crippen LogP contribution in [0.4, 0.5) is 0 Å². The van der Waals surface area contributed by atoms with Gasteiger partial charge in [0, 0.05) is 12.8 Å². The maximum atomic E-state index is 9.93. The summed E-state index contributed by atoms with van der Waals surface area (Å²) in [6.07, 6.45) is 22.9. The van der Waals surface area contributed by atoms with E-state index >= 15 is 0 Å². The van der Waals surface area contributed by atoms with Crippen LogP contribution in [0, 0.1) is 0 Å². The fourth-order valence-electron chi connectivity index (χ4n) is 2.06. The second-order valence-corrected chi connectivity index (χ2v) is 5.53. The van der Waals surface area contributed by atoms with E-state index in [0.29, 0.717) is 0 Å². The minimum Gasteiger partial charge on any atom is -0.303 e. The Hall–Kier alpha value is -1.18. The van der Waals surface area contributed by atoms with Crippen molar-refractivity contribution in [2.24, 2.45) is 0 Å². The summed E-state index contributed by atoms with van der Waals surface area (Å²) in [5.41, 5.74) is 0. The molecule has 0 aliphatic carbocycles. The summed E-state index contributed by atoms with van der Waals surface area (Å²) in [5, 5.41) is 0. The van der Waals surface area contributed by atoms with E-state index in [1.807, 2.05) is 13.0 Å². The fourth-order valence-corrected chi connectivity index (χ4v) is 2.06. The molecule has 128 valence electrons. The van der Waals surface area contributed by atoms with E-state index in [2.05, 4.69) is 18.7 Å². The van der Waals surface area contributed by atoms with Gasteiger partial charge in [0.1, 0.15) is 12.6 Å². The molecule has 0 N–H and O–H groups in total. The standard InChI is InChI=1S/2C10H18O/c2*1-2-3-4-5-6-7-8-9-10-11/h2-3,10H,4-9H2,1H3;2,10H,1,3-9H2. The van der Waals surface area contributed by atoms with Gasteiger partial charge in [0.05, 0.1) is 0 Å². The van der Waals surface area contributed by atoms with Crippen molar-refractivity contribution < 1.29 is 9.59 Å². The molecule has 0 heterocycles. The zero-order valence-corrected chi connectivity index (χ0v) is 14.6. The zero-order chi connectivity index (χ0) is 16.7. The predicted molar refractivity (Wildman–Crippen MR) is 97.2 cm³/mol. The second kappa shape index (κ2) is 24.8. The monoisotopic (exact) mass is 308 g/mol. The maximum absolute atomic E-state index is 9.93. The van der Waals surface area contributed by atoms with Gasteiger partial charge in [-0.25, -0.2) is 0 Å². The molecule has 0 spiro atoms. The van der Waals surface area contributed by atoms with Gasteiger partial charge in [0.2, 0.25) is 0 Å². The second-order valence-electron chi connectivity index (χ2n) is 5.53. The molecular weight excluding hydrogens is 272 g/mol. The molecule has 22 heavy (non-hydrogen) atoms. The summed E-state index contributed by atoms with van der Waals surface area (Å²) in [6, 6.07) is 0. The van der Waals surface area contributed by atoms with Gasteiger partial charge in [-0.1, -0.05) is 50.3 Å². The van der Waals surface area contributed by atoms with E-state index in [9.17, 15) is 9.59 Å². The molecule has 0 saturated carbocycles. The van der Waals surface area contributed by atoms with Crippen LogP contribution in [-0.2, 0) is 9.59 Å². The van der Waals surface area contributed by atoms with Gasteiger partial charge in [-0.2, -0.15) is 0 Å². The van der Waals surface area contributed by atoms with Gasteiger partial charge in [-0.3, -0.25) is 0 Å². The molecule has 0 radical (unpaired) electrons. The Kier molecular flexibility index (Phi) is 26.0. The van der Waals surface area contributed by atoms with Crippen LogP contribution in [-0.4, -0.2) is 12.6 Å². The molecular formula is C20H36O2. The lowest BCUT2D eigenvalue weighted by Crippen LogP contribution is -1.79. The average Bonchev–Trinajstić information content (AvgIpc) is 2.54. The van der Waals surface area contributed by atoms with Crippen LogP contribution < -0.4 is 0 Å². The van der Waals surface area contributed by atoms with Crippen molar-refractivity contribution in [3.8, 4) is 0 Å². The third kappa shape index (κ3) is 27.2. The first kappa shape index (κ1) is 23.1. The molecule has 0 atom stereocenters. The SMILES string of the molecule is C=CCCCCCCCC=O.CC=CCCCCCCC=O. The van der Waals surface area contributed by atoms with Crippen LogP contribution in [0.5, 0.6) is 0 Å². The van der Waals surface area contributed by atoms with Crippen LogP contribution in [0.1, 0.15) is 90.4 Å². The van der Waals surface area contributed by atoms with Gasteiger partial charge >= 0.3 is 0 Å². The van der Waals surface area contributed by atoms with E-state index in [1.54, 1.807) is 0 Å². The molecule has 0 aromatic heterocycles. The summed E-state index contributed by atoms with van der Waals surface area (Å²) >= 11 is 0. The van der Waals surface area contributed by atoms with Gasteiger partial charge in [-0.05, 0) is 45.4 Å². The van der Waals surface area contributed by atoms with Crippen molar-refractivity contribution in [3.05, 3.63) is 24.8 Å². The predicted octanol–water partition coefficient (Wildman–Crippen LogP) is 6.20. The molecule has 0 aliphatic heterocycles. The van der Waals surface area contributed by atoms with Gasteiger partial charge in [0.15, 0.2) is 0 Å². The topological polar surface area (TPSA) is 34.1 Å². The first-order valence-corrected chi connectivity index (χ1v) is 8.92. The number of rotatable bonds is 15. The largest absolute Gasteiger partial charge is 0.303 e. The number of hydrogen-bond donors (Lipinski definition) is 0. The molecule has 0 aromatic carbocycles. The Morgan fingerprint density at radius 2 is 1.05 bits per heavy atom. The highest BCUT2D eigenvalue weighted by Crippen LogP contribution is 2.06. The lowest BCUT2D eigenvalue weighted by Gasteiger charge is -1.96. The van der Waals surface area contributed by atoms with E-state index in [1.165, 1.54) is 51.4 Å². The van der Waals surface area contributed by atoms with Crippen molar-refractivity contribution in [3.63, 3.8) is 0 Å². The van der Waals surface area contributed by atoms with E-state index in [4.69, 9.17) is 0 Å². The lowest BCUT2D eigenvalue weighted by molar-refractivity contribution is -0.108. The summed E-state index contributed by atoms with van der Waals surface area (Å²) in [7, 11) is 0. The quantitative estimate of drug-likeness (QED) is 0.205. The number of unbranched alkanes of at least 4 members (excludes halogenated alkanes) is 11. The number of hydrogen-bond acceptors (Lipinski definition) is 2. The normalized spacial score (nSPS) is 10.0. The average molecular weight is 309 g/mol. The highest BCUT2D eigenvalue weighted by molar-refractivity contribution is 5.49. The number of carbonyl (C=O) groups excluding carboxylic acids is 2. The summed E-state index contributed by atoms with van der Waals surface area (Å²) < 4.78 is 0. The van der Waals surface area contributed by atoms with Crippen molar-refractivity contribution in [2.75, 3.05) is 0 Å². The summed E-state index contributed by atoms with van der Waals surface area (Å²) in [5.74, 6) is 0. The molecule has 2 heteroatoms. The van der Waals surface area contributed by atoms with Crippen molar-refractivity contribution in [1.82, 2.24) is 0 Å². The molecule has 0 rings (SSSR count). The third-order valence-electron chi connectivity index (χ3n) is 3.41. The molecule has 0 amide bonds. The van der Waals surface area contributed by atoms with Gasteiger partial charge < -0.3 is 9.59 Å². The highest BCUT2D eigenvalue weighted by atomic mass is 16.1. The highest BCUT2D eigenvalue weighted by Gasteiger charge is 1.88. The molecule has 2 nitrogen and oxygen atoms in total. The summed E-state index contributed by atoms with van der Waals surface area (Å²) in [4.78, 5) is 19.9. The smallest absolute Gasteiger partial charge is 0.119 e. The fraction of sp³-hybridized carbons (Fsp3) is 0.700. The first-order valence-electron chi connectivity index (χ1n) is 8.92. The molecule has 0 aliphatic rings. The Morgan fingerprint density at radius 1 is 0.636 bits per heavy atom. The number of allylic oxidation sites excluding steroid dienone is 3. The number of carbonyl (C=O) groups is 2. The third-order valence-corrected chi connectivity index (χ3v) is 3.41. The molecule has 0 fully saturated rings. The van der Waals surface area contributed by atoms with Gasteiger partial charge in [0.25, 0.3) is 0 Å². The zero-order valence-electron chi connectivity index (χ0n) is 14.6. The van der Waals surface area contributed by atoms with Crippen LogP contribution in [0.15, 0.2) is 24.8 Å². The Labute approximate surface area is 138 Å². The van der Waals surface area contributed by atoms with Crippen molar-refractivity contribution >= 4 is 12.6 Å². The van der Waals surface area contributed by atoms with Crippen LogP contribution in [0.25, 0.3) is 0 Å². The maximum Gasteiger partial charge on any atom is 0.119 e. The molecule has 0 saturated heterocycles. The molecule has 0 unspecified atom stereocenters. The lowest BCUT2D eigenvalue weighted by atomic mass is 10.1. The van der Waals surface area contributed by atoms with Crippen LogP contribution in [0.2, 0.25) is 0 Å². The van der Waals surface area contributed by atoms with Crippen molar-refractivity contribution in [1.29, 1.82) is 0 Å². The van der Waals surface area contributed by atoms with Crippen LogP contribution >= 0.6 is 0 Å². The minimum atomic E-state index is 0.738. The molecule has 0 bridgehead atoms. The van der Waals surface area contributed by atoms with Crippen molar-refractivity contribution in [2.45, 2.75) is 90.4 Å². The van der Waals surface area contributed by atoms with E-state index in [-0.39, 0.29) is 0 Å². The minimum absolute atomic E-state index is 0.738.